The van der Waals surface area contributed by atoms with Crippen molar-refractivity contribution in [2.24, 2.45) is 5.92 Å². The normalized spacial score (nSPS) is 36.1. The summed E-state index contributed by atoms with van der Waals surface area (Å²) in [7, 11) is 2.06. The minimum absolute atomic E-state index is 0.136. The molecule has 0 aromatic heterocycles. The smallest absolute Gasteiger partial charge is 0.308 e. The number of rotatable bonds is 1. The number of piperazine rings is 1. The second kappa shape index (κ2) is 3.27. The highest BCUT2D eigenvalue weighted by Crippen LogP contribution is 2.27. The molecule has 2 saturated heterocycles. The topological polar surface area (TPSA) is 43.8 Å². The second-order valence-electron chi connectivity index (χ2n) is 4.10. The van der Waals surface area contributed by atoms with E-state index in [-0.39, 0.29) is 12.0 Å². The van der Waals surface area contributed by atoms with E-state index in [9.17, 15) is 4.79 Å². The first-order chi connectivity index (χ1) is 6.18. The molecule has 0 aromatic carbocycles. The zero-order valence-electron chi connectivity index (χ0n) is 7.94. The van der Waals surface area contributed by atoms with Gasteiger partial charge in [-0.05, 0) is 20.0 Å². The van der Waals surface area contributed by atoms with E-state index in [4.69, 9.17) is 5.11 Å². The van der Waals surface area contributed by atoms with E-state index < -0.39 is 5.97 Å². The molecule has 0 saturated carbocycles. The number of hydrogen-bond donors (Lipinski definition) is 1. The van der Waals surface area contributed by atoms with Gasteiger partial charge in [0.25, 0.3) is 0 Å². The lowest BCUT2D eigenvalue weighted by molar-refractivity contribution is -0.143. The van der Waals surface area contributed by atoms with Crippen LogP contribution in [0.5, 0.6) is 0 Å². The molecule has 2 unspecified atom stereocenters. The Hall–Kier alpha value is -0.610. The molecule has 0 aromatic rings. The van der Waals surface area contributed by atoms with E-state index in [2.05, 4.69) is 16.8 Å². The predicted octanol–water partition coefficient (Wildman–Crippen LogP) is -0.293. The summed E-state index contributed by atoms with van der Waals surface area (Å²) in [4.78, 5) is 15.5. The summed E-state index contributed by atoms with van der Waals surface area (Å²) in [5.41, 5.74) is 0. The minimum atomic E-state index is -0.622. The van der Waals surface area contributed by atoms with Crippen LogP contribution in [0.1, 0.15) is 6.42 Å². The molecule has 4 heteroatoms. The van der Waals surface area contributed by atoms with Crippen molar-refractivity contribution in [3.8, 4) is 0 Å². The Morgan fingerprint density at radius 3 is 2.85 bits per heavy atom. The van der Waals surface area contributed by atoms with E-state index in [1.807, 2.05) is 0 Å². The lowest BCUT2D eigenvalue weighted by Gasteiger charge is -2.36. The Balaban J connectivity index is 2.06. The Morgan fingerprint density at radius 2 is 2.15 bits per heavy atom. The van der Waals surface area contributed by atoms with Crippen molar-refractivity contribution in [3.63, 3.8) is 0 Å². The fourth-order valence-electron chi connectivity index (χ4n) is 2.44. The van der Waals surface area contributed by atoms with Crippen molar-refractivity contribution in [3.05, 3.63) is 0 Å². The van der Waals surface area contributed by atoms with Gasteiger partial charge in [-0.1, -0.05) is 0 Å². The summed E-state index contributed by atoms with van der Waals surface area (Å²) in [6.45, 7) is 3.99. The van der Waals surface area contributed by atoms with E-state index >= 15 is 0 Å². The molecular weight excluding hydrogens is 168 g/mol. The predicted molar refractivity (Wildman–Crippen MR) is 48.6 cm³/mol. The first-order valence-electron chi connectivity index (χ1n) is 4.84. The third-order valence-corrected chi connectivity index (χ3v) is 3.25. The van der Waals surface area contributed by atoms with Crippen molar-refractivity contribution in [1.29, 1.82) is 0 Å². The van der Waals surface area contributed by atoms with Gasteiger partial charge in [-0.3, -0.25) is 9.69 Å². The van der Waals surface area contributed by atoms with Gasteiger partial charge in [-0.2, -0.15) is 0 Å². The average molecular weight is 184 g/mol. The van der Waals surface area contributed by atoms with Crippen LogP contribution in [0.2, 0.25) is 0 Å². The largest absolute Gasteiger partial charge is 0.481 e. The molecule has 2 aliphatic rings. The van der Waals surface area contributed by atoms with Crippen molar-refractivity contribution < 1.29 is 9.90 Å². The lowest BCUT2D eigenvalue weighted by atomic mass is 9.99. The number of fused-ring (bicyclic) bond motifs is 1. The summed E-state index contributed by atoms with van der Waals surface area (Å²) in [6.07, 6.45) is 0.827. The molecule has 2 heterocycles. The molecule has 0 spiro atoms. The molecule has 0 bridgehead atoms. The van der Waals surface area contributed by atoms with Gasteiger partial charge >= 0.3 is 5.97 Å². The van der Waals surface area contributed by atoms with Gasteiger partial charge in [0.15, 0.2) is 0 Å². The Labute approximate surface area is 78.1 Å². The standard InChI is InChI=1S/C9H16N2O2/c1-10-4-5-11-3-2-7(9(12)13)8(11)6-10/h7-8H,2-6H2,1H3,(H,12,13). The maximum atomic E-state index is 10.9. The van der Waals surface area contributed by atoms with Crippen LogP contribution in [-0.4, -0.2) is 60.1 Å². The van der Waals surface area contributed by atoms with Gasteiger partial charge in [0.2, 0.25) is 0 Å². The second-order valence-corrected chi connectivity index (χ2v) is 4.10. The van der Waals surface area contributed by atoms with E-state index in [0.717, 1.165) is 32.6 Å². The Kier molecular flexibility index (Phi) is 2.26. The van der Waals surface area contributed by atoms with E-state index in [1.54, 1.807) is 0 Å². The molecule has 2 fully saturated rings. The molecule has 1 N–H and O–H groups in total. The summed E-state index contributed by atoms with van der Waals surface area (Å²) < 4.78 is 0. The molecule has 2 rings (SSSR count). The zero-order valence-corrected chi connectivity index (χ0v) is 7.94. The Bertz CT molecular complexity index is 220. The summed E-state index contributed by atoms with van der Waals surface area (Å²) >= 11 is 0. The fraction of sp³-hybridized carbons (Fsp3) is 0.889. The third-order valence-electron chi connectivity index (χ3n) is 3.25. The van der Waals surface area contributed by atoms with Gasteiger partial charge in [0.05, 0.1) is 5.92 Å². The van der Waals surface area contributed by atoms with Gasteiger partial charge < -0.3 is 10.0 Å². The highest BCUT2D eigenvalue weighted by Gasteiger charge is 2.40. The van der Waals surface area contributed by atoms with Crippen molar-refractivity contribution in [1.82, 2.24) is 9.80 Å². The SMILES string of the molecule is CN1CCN2CCC(C(=O)O)C2C1. The molecule has 2 atom stereocenters. The van der Waals surface area contributed by atoms with Crippen LogP contribution in [0.15, 0.2) is 0 Å². The third kappa shape index (κ3) is 1.56. The first kappa shape index (κ1) is 8.97. The van der Waals surface area contributed by atoms with Crippen molar-refractivity contribution in [2.45, 2.75) is 12.5 Å². The average Bonchev–Trinajstić information content (AvgIpc) is 2.46. The number of carboxylic acid groups (broad SMARTS) is 1. The highest BCUT2D eigenvalue weighted by atomic mass is 16.4. The maximum Gasteiger partial charge on any atom is 0.308 e. The summed E-state index contributed by atoms with van der Waals surface area (Å²) in [5.74, 6) is -0.759. The number of carboxylic acids is 1. The van der Waals surface area contributed by atoms with Crippen LogP contribution in [-0.2, 0) is 4.79 Å². The molecular formula is C9H16N2O2. The van der Waals surface area contributed by atoms with Gasteiger partial charge in [-0.15, -0.1) is 0 Å². The van der Waals surface area contributed by atoms with Gasteiger partial charge in [0.1, 0.15) is 0 Å². The molecule has 4 nitrogen and oxygen atoms in total. The number of hydrogen-bond acceptors (Lipinski definition) is 3. The summed E-state index contributed by atoms with van der Waals surface area (Å²) in [5, 5.41) is 8.99. The quantitative estimate of drug-likeness (QED) is 0.608. The first-order valence-corrected chi connectivity index (χ1v) is 4.84. The van der Waals surface area contributed by atoms with Gasteiger partial charge in [0, 0.05) is 25.7 Å². The molecule has 0 amide bonds. The van der Waals surface area contributed by atoms with Crippen LogP contribution < -0.4 is 0 Å². The number of nitrogens with zero attached hydrogens (tertiary/aromatic N) is 2. The molecule has 13 heavy (non-hydrogen) atoms. The maximum absolute atomic E-state index is 10.9. The van der Waals surface area contributed by atoms with Crippen LogP contribution in [0, 0.1) is 5.92 Å². The van der Waals surface area contributed by atoms with Crippen molar-refractivity contribution >= 4 is 5.97 Å². The van der Waals surface area contributed by atoms with E-state index in [1.165, 1.54) is 0 Å². The molecule has 74 valence electrons. The Morgan fingerprint density at radius 1 is 1.38 bits per heavy atom. The monoisotopic (exact) mass is 184 g/mol. The van der Waals surface area contributed by atoms with Crippen molar-refractivity contribution in [2.75, 3.05) is 33.2 Å². The van der Waals surface area contributed by atoms with Crippen LogP contribution in [0.4, 0.5) is 0 Å². The van der Waals surface area contributed by atoms with Crippen LogP contribution in [0.3, 0.4) is 0 Å². The number of aliphatic carboxylic acids is 1. The molecule has 0 radical (unpaired) electrons. The van der Waals surface area contributed by atoms with Crippen LogP contribution >= 0.6 is 0 Å². The molecule has 2 aliphatic heterocycles. The lowest BCUT2D eigenvalue weighted by Crippen LogP contribution is -2.51. The summed E-state index contributed by atoms with van der Waals surface area (Å²) in [6, 6.07) is 0.260. The van der Waals surface area contributed by atoms with Gasteiger partial charge in [-0.25, -0.2) is 0 Å². The fourth-order valence-corrected chi connectivity index (χ4v) is 2.44. The van der Waals surface area contributed by atoms with E-state index in [0.29, 0.717) is 0 Å². The number of carbonyl (C=O) groups is 1. The zero-order chi connectivity index (χ0) is 9.42. The minimum Gasteiger partial charge on any atom is -0.481 e. The highest BCUT2D eigenvalue weighted by molar-refractivity contribution is 5.71. The van der Waals surface area contributed by atoms with Crippen LogP contribution in [0.25, 0.3) is 0 Å². The molecule has 0 aliphatic carbocycles. The number of likely N-dealkylation sites (N-methyl/N-ethyl adjacent to an activating group) is 1.